The van der Waals surface area contributed by atoms with Crippen LogP contribution in [0.3, 0.4) is 0 Å². The quantitative estimate of drug-likeness (QED) is 0.580. The van der Waals surface area contributed by atoms with Crippen LogP contribution in [-0.4, -0.2) is 6.54 Å². The predicted molar refractivity (Wildman–Crippen MR) is 45.6 cm³/mol. The molecular formula is C9H20N+. The Hall–Kier alpha value is -0.300. The Balaban J connectivity index is 3.78. The van der Waals surface area contributed by atoms with Gasteiger partial charge in [-0.3, -0.25) is 0 Å². The van der Waals surface area contributed by atoms with Crippen LogP contribution < -0.4 is 5.73 Å². The Morgan fingerprint density at radius 2 is 1.90 bits per heavy atom. The fourth-order valence-corrected chi connectivity index (χ4v) is 0.582. The fourth-order valence-electron chi connectivity index (χ4n) is 0.582. The molecule has 0 amide bonds. The fraction of sp³-hybridized carbons (Fsp3) is 0.778. The van der Waals surface area contributed by atoms with Crippen molar-refractivity contribution in [3.8, 4) is 0 Å². The summed E-state index contributed by atoms with van der Waals surface area (Å²) in [5.41, 5.74) is 5.70. The van der Waals surface area contributed by atoms with Crippen LogP contribution in [0, 0.1) is 5.41 Å². The van der Waals surface area contributed by atoms with E-state index in [-0.39, 0.29) is 0 Å². The molecule has 1 heteroatoms. The third-order valence-electron chi connectivity index (χ3n) is 1.74. The Morgan fingerprint density at radius 1 is 1.40 bits per heavy atom. The third kappa shape index (κ3) is 4.57. The minimum absolute atomic E-state index is 0.386. The lowest BCUT2D eigenvalue weighted by Crippen LogP contribution is -2.56. The van der Waals surface area contributed by atoms with Gasteiger partial charge in [-0.2, -0.15) is 0 Å². The molecule has 0 fully saturated rings. The summed E-state index contributed by atoms with van der Waals surface area (Å²) in [6.07, 6.45) is 3.43. The second kappa shape index (κ2) is 3.77. The molecule has 0 aliphatic carbocycles. The van der Waals surface area contributed by atoms with Crippen LogP contribution in [0.4, 0.5) is 0 Å². The smallest absolute Gasteiger partial charge is 0.0794 e. The minimum Gasteiger partial charge on any atom is -0.357 e. The van der Waals surface area contributed by atoms with Gasteiger partial charge in [-0.25, -0.2) is 0 Å². The van der Waals surface area contributed by atoms with E-state index in [1.165, 1.54) is 5.57 Å². The van der Waals surface area contributed by atoms with E-state index >= 15 is 0 Å². The Morgan fingerprint density at radius 3 is 2.20 bits per heavy atom. The monoisotopic (exact) mass is 142 g/mol. The van der Waals surface area contributed by atoms with Gasteiger partial charge in [0.2, 0.25) is 0 Å². The van der Waals surface area contributed by atoms with E-state index in [2.05, 4.69) is 39.5 Å². The second-order valence-electron chi connectivity index (χ2n) is 3.90. The van der Waals surface area contributed by atoms with Gasteiger partial charge in [0.15, 0.2) is 0 Å². The van der Waals surface area contributed by atoms with E-state index in [0.29, 0.717) is 5.41 Å². The second-order valence-corrected chi connectivity index (χ2v) is 3.90. The van der Waals surface area contributed by atoms with Crippen LogP contribution in [0.5, 0.6) is 0 Å². The molecule has 0 aliphatic heterocycles. The summed E-state index contributed by atoms with van der Waals surface area (Å²) < 4.78 is 0. The zero-order chi connectivity index (χ0) is 8.20. The standard InChI is InChI=1S/C9H19N/c1-8(2)5-6-9(3,4)7-10/h5H,6-7,10H2,1-4H3/p+1. The van der Waals surface area contributed by atoms with Gasteiger partial charge >= 0.3 is 0 Å². The Bertz CT molecular complexity index is 119. The molecule has 0 aliphatic rings. The van der Waals surface area contributed by atoms with Crippen molar-refractivity contribution in [1.29, 1.82) is 0 Å². The molecule has 0 heterocycles. The summed E-state index contributed by atoms with van der Waals surface area (Å²) in [5.74, 6) is 0. The number of quaternary nitrogens is 1. The maximum Gasteiger partial charge on any atom is 0.0794 e. The van der Waals surface area contributed by atoms with Gasteiger partial charge in [-0.05, 0) is 20.3 Å². The van der Waals surface area contributed by atoms with Crippen molar-refractivity contribution in [2.24, 2.45) is 5.41 Å². The van der Waals surface area contributed by atoms with Crippen molar-refractivity contribution in [3.05, 3.63) is 11.6 Å². The van der Waals surface area contributed by atoms with Gasteiger partial charge in [0.1, 0.15) is 0 Å². The molecule has 10 heavy (non-hydrogen) atoms. The molecule has 0 rings (SSSR count). The van der Waals surface area contributed by atoms with Crippen molar-refractivity contribution < 1.29 is 5.73 Å². The number of allylic oxidation sites excluding steroid dienone is 2. The predicted octanol–water partition coefficient (Wildman–Crippen LogP) is 1.61. The molecule has 0 aromatic rings. The van der Waals surface area contributed by atoms with Crippen molar-refractivity contribution in [1.82, 2.24) is 0 Å². The Labute approximate surface area is 64.3 Å². The molecule has 0 saturated heterocycles. The molecule has 0 atom stereocenters. The average Bonchev–Trinajstić information content (AvgIpc) is 1.85. The lowest BCUT2D eigenvalue weighted by Gasteiger charge is -2.17. The molecule has 1 nitrogen and oxygen atoms in total. The SMILES string of the molecule is CC(C)=CCC(C)(C)C[NH3+]. The molecule has 0 unspecified atom stereocenters. The van der Waals surface area contributed by atoms with Crippen LogP contribution in [0.2, 0.25) is 0 Å². The number of hydrogen-bond donors (Lipinski definition) is 1. The van der Waals surface area contributed by atoms with E-state index in [0.717, 1.165) is 13.0 Å². The molecule has 0 aromatic heterocycles. The highest BCUT2D eigenvalue weighted by Crippen LogP contribution is 2.18. The first-order valence-electron chi connectivity index (χ1n) is 3.90. The first-order chi connectivity index (χ1) is 4.48. The third-order valence-corrected chi connectivity index (χ3v) is 1.74. The summed E-state index contributed by atoms with van der Waals surface area (Å²) in [7, 11) is 0. The number of rotatable bonds is 3. The summed E-state index contributed by atoms with van der Waals surface area (Å²) in [6.45, 7) is 9.79. The molecule has 60 valence electrons. The van der Waals surface area contributed by atoms with Crippen LogP contribution in [0.15, 0.2) is 11.6 Å². The van der Waals surface area contributed by atoms with E-state index < -0.39 is 0 Å². The summed E-state index contributed by atoms with van der Waals surface area (Å²) in [6, 6.07) is 0. The van der Waals surface area contributed by atoms with Crippen molar-refractivity contribution in [2.75, 3.05) is 6.54 Å². The Kier molecular flexibility index (Phi) is 3.66. The van der Waals surface area contributed by atoms with Gasteiger partial charge in [0, 0.05) is 5.41 Å². The molecular weight excluding hydrogens is 122 g/mol. The summed E-state index contributed by atoms with van der Waals surface area (Å²) >= 11 is 0. The van der Waals surface area contributed by atoms with Gasteiger partial charge in [0.05, 0.1) is 6.54 Å². The highest BCUT2D eigenvalue weighted by Gasteiger charge is 2.15. The zero-order valence-electron chi connectivity index (χ0n) is 7.70. The van der Waals surface area contributed by atoms with Crippen LogP contribution in [-0.2, 0) is 0 Å². The largest absolute Gasteiger partial charge is 0.357 e. The first kappa shape index (κ1) is 9.70. The minimum atomic E-state index is 0.386. The summed E-state index contributed by atoms with van der Waals surface area (Å²) in [5, 5.41) is 0. The van der Waals surface area contributed by atoms with Crippen LogP contribution in [0.1, 0.15) is 34.1 Å². The topological polar surface area (TPSA) is 27.6 Å². The van der Waals surface area contributed by atoms with Gasteiger partial charge in [0.25, 0.3) is 0 Å². The van der Waals surface area contributed by atoms with Gasteiger partial charge < -0.3 is 5.73 Å². The van der Waals surface area contributed by atoms with Crippen molar-refractivity contribution >= 4 is 0 Å². The summed E-state index contributed by atoms with van der Waals surface area (Å²) in [4.78, 5) is 0. The maximum atomic E-state index is 3.91. The lowest BCUT2D eigenvalue weighted by atomic mass is 9.89. The van der Waals surface area contributed by atoms with Crippen molar-refractivity contribution in [3.63, 3.8) is 0 Å². The molecule has 0 saturated carbocycles. The van der Waals surface area contributed by atoms with Gasteiger partial charge in [-0.15, -0.1) is 0 Å². The van der Waals surface area contributed by atoms with Crippen LogP contribution >= 0.6 is 0 Å². The highest BCUT2D eigenvalue weighted by molar-refractivity contribution is 4.95. The first-order valence-corrected chi connectivity index (χ1v) is 3.90. The van der Waals surface area contributed by atoms with Crippen molar-refractivity contribution in [2.45, 2.75) is 34.1 Å². The average molecular weight is 142 g/mol. The molecule has 0 spiro atoms. The maximum absolute atomic E-state index is 3.91. The van der Waals surface area contributed by atoms with E-state index in [1.807, 2.05) is 0 Å². The van der Waals surface area contributed by atoms with E-state index in [4.69, 9.17) is 0 Å². The highest BCUT2D eigenvalue weighted by atomic mass is 14.6. The van der Waals surface area contributed by atoms with E-state index in [9.17, 15) is 0 Å². The van der Waals surface area contributed by atoms with E-state index in [1.54, 1.807) is 0 Å². The number of hydrogen-bond acceptors (Lipinski definition) is 0. The zero-order valence-corrected chi connectivity index (χ0v) is 7.70. The molecule has 3 N–H and O–H groups in total. The normalized spacial score (nSPS) is 11.3. The molecule has 0 radical (unpaired) electrons. The molecule has 0 aromatic carbocycles. The molecule has 0 bridgehead atoms. The van der Waals surface area contributed by atoms with Gasteiger partial charge in [-0.1, -0.05) is 25.5 Å². The van der Waals surface area contributed by atoms with Crippen LogP contribution in [0.25, 0.3) is 0 Å². The lowest BCUT2D eigenvalue weighted by molar-refractivity contribution is -0.389.